The van der Waals surface area contributed by atoms with Gasteiger partial charge in [0.2, 0.25) is 5.13 Å². The number of nitrogens with zero attached hydrogens (tertiary/aromatic N) is 2. The fourth-order valence-electron chi connectivity index (χ4n) is 3.23. The number of esters is 1. The summed E-state index contributed by atoms with van der Waals surface area (Å²) in [5.74, 6) is 0.594. The largest absolute Gasteiger partial charge is 0.496 e. The number of nitrogens with one attached hydrogen (secondary N) is 1. The normalized spacial score (nSPS) is 10.9. The summed E-state index contributed by atoms with van der Waals surface area (Å²) in [6, 6.07) is 17.3. The molecule has 3 aromatic carbocycles. The number of para-hydroxylation sites is 1. The number of hydrazone groups is 1. The summed E-state index contributed by atoms with van der Waals surface area (Å²) in [7, 11) is 1.50. The Morgan fingerprint density at radius 3 is 2.69 bits per heavy atom. The van der Waals surface area contributed by atoms with Crippen molar-refractivity contribution in [1.29, 1.82) is 0 Å². The average Bonchev–Trinajstić information content (AvgIpc) is 3.34. The number of rotatable bonds is 9. The molecular weight excluding hydrogens is 521 g/mol. The van der Waals surface area contributed by atoms with Gasteiger partial charge in [0, 0.05) is 16.0 Å². The van der Waals surface area contributed by atoms with Crippen LogP contribution in [0.15, 0.2) is 71.1 Å². The van der Waals surface area contributed by atoms with E-state index in [1.165, 1.54) is 18.4 Å². The first-order chi connectivity index (χ1) is 17.5. The van der Waals surface area contributed by atoms with E-state index < -0.39 is 5.97 Å². The van der Waals surface area contributed by atoms with E-state index in [4.69, 9.17) is 37.4 Å². The van der Waals surface area contributed by atoms with Gasteiger partial charge in [0.05, 0.1) is 30.6 Å². The molecule has 4 rings (SSSR count). The second-order valence-corrected chi connectivity index (χ2v) is 8.96. The highest BCUT2D eigenvalue weighted by Crippen LogP contribution is 2.33. The second kappa shape index (κ2) is 11.9. The number of ether oxygens (including phenoxy) is 3. The van der Waals surface area contributed by atoms with Crippen LogP contribution < -0.4 is 19.6 Å². The predicted octanol–water partition coefficient (Wildman–Crippen LogP) is 7.19. The van der Waals surface area contributed by atoms with Gasteiger partial charge in [-0.15, -0.1) is 11.3 Å². The Balaban J connectivity index is 1.46. The van der Waals surface area contributed by atoms with Gasteiger partial charge in [0.25, 0.3) is 0 Å². The highest BCUT2D eigenvalue weighted by atomic mass is 35.5. The van der Waals surface area contributed by atoms with Crippen LogP contribution in [0.2, 0.25) is 10.0 Å². The number of hydrogen-bond acceptors (Lipinski definition) is 8. The van der Waals surface area contributed by atoms with Crippen molar-refractivity contribution in [3.8, 4) is 28.5 Å². The van der Waals surface area contributed by atoms with Crippen LogP contribution in [0.25, 0.3) is 11.3 Å². The summed E-state index contributed by atoms with van der Waals surface area (Å²) in [6.07, 6.45) is 1.62. The number of aromatic nitrogens is 1. The molecule has 7 nitrogen and oxygen atoms in total. The number of carbonyl (C=O) groups is 1. The van der Waals surface area contributed by atoms with Crippen molar-refractivity contribution in [1.82, 2.24) is 4.98 Å². The molecular formula is C26H21Cl2N3O4S. The third kappa shape index (κ3) is 6.15. The number of anilines is 1. The molecule has 0 fully saturated rings. The van der Waals surface area contributed by atoms with E-state index in [0.717, 1.165) is 16.8 Å². The molecule has 0 saturated carbocycles. The average molecular weight is 542 g/mol. The van der Waals surface area contributed by atoms with Crippen LogP contribution in [0.5, 0.6) is 17.2 Å². The molecule has 1 heterocycles. The molecule has 10 heteroatoms. The van der Waals surface area contributed by atoms with Crippen LogP contribution in [-0.4, -0.2) is 30.9 Å². The van der Waals surface area contributed by atoms with Crippen molar-refractivity contribution in [2.75, 3.05) is 19.1 Å². The molecule has 1 aromatic heterocycles. The lowest BCUT2D eigenvalue weighted by atomic mass is 10.2. The first-order valence-electron chi connectivity index (χ1n) is 10.8. The maximum atomic E-state index is 12.7. The van der Waals surface area contributed by atoms with E-state index in [-0.39, 0.29) is 0 Å². The summed E-state index contributed by atoms with van der Waals surface area (Å²) >= 11 is 13.6. The van der Waals surface area contributed by atoms with Crippen molar-refractivity contribution in [2.45, 2.75) is 6.92 Å². The number of thiazole rings is 1. The highest BCUT2D eigenvalue weighted by Gasteiger charge is 2.17. The number of carbonyl (C=O) groups excluding carboxylic acids is 1. The zero-order valence-electron chi connectivity index (χ0n) is 19.3. The number of benzene rings is 3. The van der Waals surface area contributed by atoms with Crippen molar-refractivity contribution < 1.29 is 19.0 Å². The van der Waals surface area contributed by atoms with Crippen LogP contribution in [0.4, 0.5) is 5.13 Å². The zero-order valence-corrected chi connectivity index (χ0v) is 21.7. The van der Waals surface area contributed by atoms with Gasteiger partial charge < -0.3 is 14.2 Å². The summed E-state index contributed by atoms with van der Waals surface area (Å²) in [5.41, 5.74) is 5.48. The lowest BCUT2D eigenvalue weighted by Gasteiger charge is -2.12. The molecule has 0 bridgehead atoms. The molecule has 0 aliphatic carbocycles. The van der Waals surface area contributed by atoms with Gasteiger partial charge in [-0.2, -0.15) is 5.10 Å². The maximum absolute atomic E-state index is 12.7. The van der Waals surface area contributed by atoms with Gasteiger partial charge in [-0.3, -0.25) is 5.43 Å². The minimum absolute atomic E-state index is 0.294. The van der Waals surface area contributed by atoms with E-state index in [1.807, 2.05) is 18.4 Å². The summed E-state index contributed by atoms with van der Waals surface area (Å²) < 4.78 is 16.5. The molecule has 0 aliphatic heterocycles. The van der Waals surface area contributed by atoms with Gasteiger partial charge in [-0.1, -0.05) is 35.3 Å². The number of hydrogen-bond donors (Lipinski definition) is 1. The molecule has 4 aromatic rings. The summed E-state index contributed by atoms with van der Waals surface area (Å²) in [4.78, 5) is 17.2. The van der Waals surface area contributed by atoms with Crippen molar-refractivity contribution in [2.24, 2.45) is 5.10 Å². The molecule has 0 atom stereocenters. The summed E-state index contributed by atoms with van der Waals surface area (Å²) in [5, 5.41) is 7.82. The van der Waals surface area contributed by atoms with Crippen molar-refractivity contribution in [3.05, 3.63) is 87.2 Å². The van der Waals surface area contributed by atoms with E-state index in [0.29, 0.717) is 44.6 Å². The van der Waals surface area contributed by atoms with Crippen LogP contribution in [-0.2, 0) is 0 Å². The molecule has 0 amide bonds. The van der Waals surface area contributed by atoms with Crippen molar-refractivity contribution in [3.63, 3.8) is 0 Å². The van der Waals surface area contributed by atoms with Crippen molar-refractivity contribution >= 4 is 51.9 Å². The van der Waals surface area contributed by atoms with Crippen LogP contribution in [0, 0.1) is 0 Å². The van der Waals surface area contributed by atoms with E-state index in [1.54, 1.807) is 60.8 Å². The Labute approximate surface area is 222 Å². The Morgan fingerprint density at radius 2 is 1.92 bits per heavy atom. The SMILES string of the molecule is CCOc1cc(C=NNc2nc(-c3ccc(Cl)cc3Cl)cs2)ccc1OC(=O)c1ccccc1OC. The minimum Gasteiger partial charge on any atom is -0.496 e. The lowest BCUT2D eigenvalue weighted by molar-refractivity contribution is 0.0725. The summed E-state index contributed by atoms with van der Waals surface area (Å²) in [6.45, 7) is 2.24. The first kappa shape index (κ1) is 25.5. The molecule has 1 N–H and O–H groups in total. The van der Waals surface area contributed by atoms with Gasteiger partial charge in [0.15, 0.2) is 11.5 Å². The Hall–Kier alpha value is -3.59. The van der Waals surface area contributed by atoms with E-state index >= 15 is 0 Å². The lowest BCUT2D eigenvalue weighted by Crippen LogP contribution is -2.11. The van der Waals surface area contributed by atoms with Crippen LogP contribution in [0.3, 0.4) is 0 Å². The minimum atomic E-state index is -0.545. The second-order valence-electron chi connectivity index (χ2n) is 7.26. The molecule has 0 saturated heterocycles. The fourth-order valence-corrected chi connectivity index (χ4v) is 4.40. The monoisotopic (exact) mass is 541 g/mol. The Kier molecular flexibility index (Phi) is 8.43. The standard InChI is InChI=1S/C26H21Cl2N3O4S/c1-3-34-24-12-16(8-11-23(24)35-25(32)19-6-4-5-7-22(19)33-2)14-29-31-26-30-21(15-36-26)18-10-9-17(27)13-20(18)28/h4-15H,3H2,1-2H3,(H,30,31). The van der Waals surface area contributed by atoms with Crippen LogP contribution in [0.1, 0.15) is 22.8 Å². The molecule has 0 unspecified atom stereocenters. The zero-order chi connectivity index (χ0) is 25.5. The molecule has 36 heavy (non-hydrogen) atoms. The maximum Gasteiger partial charge on any atom is 0.347 e. The molecule has 0 spiro atoms. The Bertz CT molecular complexity index is 1410. The smallest absolute Gasteiger partial charge is 0.347 e. The molecule has 0 aliphatic rings. The third-order valence-corrected chi connectivity index (χ3v) is 6.18. The Morgan fingerprint density at radius 1 is 1.08 bits per heavy atom. The molecule has 184 valence electrons. The number of halogens is 2. The highest BCUT2D eigenvalue weighted by molar-refractivity contribution is 7.14. The quantitative estimate of drug-likeness (QED) is 0.104. The van der Waals surface area contributed by atoms with Gasteiger partial charge >= 0.3 is 5.97 Å². The van der Waals surface area contributed by atoms with Gasteiger partial charge in [0.1, 0.15) is 11.3 Å². The van der Waals surface area contributed by atoms with Gasteiger partial charge in [-0.25, -0.2) is 9.78 Å². The van der Waals surface area contributed by atoms with E-state index in [2.05, 4.69) is 15.5 Å². The van der Waals surface area contributed by atoms with E-state index in [9.17, 15) is 4.79 Å². The predicted molar refractivity (Wildman–Crippen MR) is 144 cm³/mol. The fraction of sp³-hybridized carbons (Fsp3) is 0.115. The number of methoxy groups -OCH3 is 1. The first-order valence-corrected chi connectivity index (χ1v) is 12.4. The third-order valence-electron chi connectivity index (χ3n) is 4.88. The molecule has 0 radical (unpaired) electrons. The van der Waals surface area contributed by atoms with Crippen LogP contribution >= 0.6 is 34.5 Å². The topological polar surface area (TPSA) is 82.0 Å². The van der Waals surface area contributed by atoms with Gasteiger partial charge in [-0.05, 0) is 61.0 Å².